The molecule has 0 unspecified atom stereocenters. The van der Waals surface area contributed by atoms with E-state index in [2.05, 4.69) is 22.4 Å². The van der Waals surface area contributed by atoms with E-state index in [1.807, 2.05) is 23.1 Å². The van der Waals surface area contributed by atoms with Gasteiger partial charge in [0.1, 0.15) is 0 Å². The van der Waals surface area contributed by atoms with Crippen LogP contribution in [0.15, 0.2) is 24.4 Å². The van der Waals surface area contributed by atoms with E-state index in [9.17, 15) is 4.79 Å². The summed E-state index contributed by atoms with van der Waals surface area (Å²) in [5, 5.41) is 11.1. The second kappa shape index (κ2) is 4.42. The summed E-state index contributed by atoms with van der Waals surface area (Å²) in [6, 6.07) is 5.90. The smallest absolute Gasteiger partial charge is 0.254 e. The lowest BCUT2D eigenvalue weighted by Crippen LogP contribution is -2.52. The van der Waals surface area contributed by atoms with Crippen LogP contribution < -0.4 is 5.32 Å². The molecule has 1 aliphatic heterocycles. The lowest BCUT2D eigenvalue weighted by atomic mass is 10.1. The molecule has 5 heteroatoms. The molecule has 1 amide bonds. The monoisotopic (exact) mass is 244 g/mol. The Morgan fingerprint density at radius 2 is 2.39 bits per heavy atom. The molecule has 2 aromatic rings. The Kier molecular flexibility index (Phi) is 2.76. The van der Waals surface area contributed by atoms with Crippen LogP contribution in [0.5, 0.6) is 0 Å². The molecule has 0 bridgehead atoms. The molecule has 0 radical (unpaired) electrons. The Morgan fingerprint density at radius 3 is 3.22 bits per heavy atom. The van der Waals surface area contributed by atoms with Crippen molar-refractivity contribution in [2.24, 2.45) is 0 Å². The first-order valence-corrected chi connectivity index (χ1v) is 6.20. The number of hydrogen-bond donors (Lipinski definition) is 2. The average Bonchev–Trinajstić information content (AvgIpc) is 2.85. The van der Waals surface area contributed by atoms with Crippen molar-refractivity contribution in [1.82, 2.24) is 20.4 Å². The van der Waals surface area contributed by atoms with Gasteiger partial charge >= 0.3 is 0 Å². The Hall–Kier alpha value is -1.88. The number of aromatic nitrogens is 2. The molecule has 1 fully saturated rings. The normalized spacial score (nSPS) is 20.3. The van der Waals surface area contributed by atoms with Crippen molar-refractivity contribution in [3.8, 4) is 0 Å². The summed E-state index contributed by atoms with van der Waals surface area (Å²) in [5.74, 6) is 0.104. The molecule has 94 valence electrons. The molecule has 1 atom stereocenters. The first-order chi connectivity index (χ1) is 8.75. The highest BCUT2D eigenvalue weighted by atomic mass is 16.2. The zero-order valence-electron chi connectivity index (χ0n) is 10.3. The fraction of sp³-hybridized carbons (Fsp3) is 0.385. The van der Waals surface area contributed by atoms with Gasteiger partial charge < -0.3 is 10.2 Å². The maximum atomic E-state index is 12.4. The number of nitrogens with zero attached hydrogens (tertiary/aromatic N) is 2. The molecular weight excluding hydrogens is 228 g/mol. The number of carbonyl (C=O) groups excluding carboxylic acids is 1. The van der Waals surface area contributed by atoms with Crippen molar-refractivity contribution in [2.45, 2.75) is 13.0 Å². The molecule has 1 aliphatic rings. The van der Waals surface area contributed by atoms with Crippen molar-refractivity contribution in [1.29, 1.82) is 0 Å². The fourth-order valence-electron chi connectivity index (χ4n) is 2.38. The molecule has 2 heterocycles. The van der Waals surface area contributed by atoms with E-state index in [1.54, 1.807) is 6.20 Å². The van der Waals surface area contributed by atoms with Gasteiger partial charge in [-0.2, -0.15) is 5.10 Å². The molecule has 3 rings (SSSR count). The number of benzene rings is 1. The zero-order valence-corrected chi connectivity index (χ0v) is 10.3. The van der Waals surface area contributed by atoms with Crippen LogP contribution in [0.25, 0.3) is 10.9 Å². The van der Waals surface area contributed by atoms with E-state index in [0.717, 1.165) is 36.1 Å². The Balaban J connectivity index is 1.90. The second-order valence-electron chi connectivity index (χ2n) is 4.72. The van der Waals surface area contributed by atoms with Crippen LogP contribution in [-0.4, -0.2) is 46.7 Å². The summed E-state index contributed by atoms with van der Waals surface area (Å²) in [5.41, 5.74) is 1.69. The van der Waals surface area contributed by atoms with Crippen LogP contribution in [0, 0.1) is 0 Å². The summed E-state index contributed by atoms with van der Waals surface area (Å²) in [4.78, 5) is 14.4. The van der Waals surface area contributed by atoms with Gasteiger partial charge in [-0.1, -0.05) is 0 Å². The van der Waals surface area contributed by atoms with E-state index < -0.39 is 0 Å². The maximum Gasteiger partial charge on any atom is 0.254 e. The SMILES string of the molecule is C[C@H]1CNCCN1C(=O)c1ccc2[nH]ncc2c1. The topological polar surface area (TPSA) is 61.0 Å². The maximum absolute atomic E-state index is 12.4. The summed E-state index contributed by atoms with van der Waals surface area (Å²) >= 11 is 0. The Bertz CT molecular complexity index is 577. The highest BCUT2D eigenvalue weighted by molar-refractivity contribution is 5.98. The number of amides is 1. The molecule has 2 N–H and O–H groups in total. The second-order valence-corrected chi connectivity index (χ2v) is 4.72. The van der Waals surface area contributed by atoms with Crippen LogP contribution >= 0.6 is 0 Å². The molecule has 5 nitrogen and oxygen atoms in total. The molecule has 1 saturated heterocycles. The van der Waals surface area contributed by atoms with Crippen molar-refractivity contribution in [3.63, 3.8) is 0 Å². The quantitative estimate of drug-likeness (QED) is 0.786. The molecule has 1 aromatic heterocycles. The number of rotatable bonds is 1. The Morgan fingerprint density at radius 1 is 1.50 bits per heavy atom. The highest BCUT2D eigenvalue weighted by Crippen LogP contribution is 2.16. The summed E-state index contributed by atoms with van der Waals surface area (Å²) in [6.07, 6.45) is 1.74. The molecule has 1 aromatic carbocycles. The minimum atomic E-state index is 0.104. The lowest BCUT2D eigenvalue weighted by Gasteiger charge is -2.34. The average molecular weight is 244 g/mol. The van der Waals surface area contributed by atoms with Crippen LogP contribution in [0.3, 0.4) is 0 Å². The van der Waals surface area contributed by atoms with Crippen molar-refractivity contribution < 1.29 is 4.79 Å². The van der Waals surface area contributed by atoms with Gasteiger partial charge in [0.15, 0.2) is 0 Å². The molecule has 0 saturated carbocycles. The number of hydrogen-bond acceptors (Lipinski definition) is 3. The minimum absolute atomic E-state index is 0.104. The van der Waals surface area contributed by atoms with Crippen molar-refractivity contribution in [3.05, 3.63) is 30.0 Å². The standard InChI is InChI=1S/C13H16N4O/c1-9-7-14-4-5-17(9)13(18)10-2-3-12-11(6-10)8-15-16-12/h2-3,6,8-9,14H,4-5,7H2,1H3,(H,15,16)/t9-/m0/s1. The minimum Gasteiger partial charge on any atom is -0.333 e. The van der Waals surface area contributed by atoms with Crippen molar-refractivity contribution >= 4 is 16.8 Å². The third kappa shape index (κ3) is 1.86. The number of carbonyl (C=O) groups is 1. The van der Waals surface area contributed by atoms with Crippen LogP contribution in [-0.2, 0) is 0 Å². The van der Waals surface area contributed by atoms with E-state index in [0.29, 0.717) is 0 Å². The van der Waals surface area contributed by atoms with E-state index in [-0.39, 0.29) is 11.9 Å². The van der Waals surface area contributed by atoms with Crippen LogP contribution in [0.1, 0.15) is 17.3 Å². The predicted octanol–water partition coefficient (Wildman–Crippen LogP) is 0.997. The van der Waals surface area contributed by atoms with Gasteiger partial charge in [0.05, 0.1) is 11.7 Å². The number of piperazine rings is 1. The highest BCUT2D eigenvalue weighted by Gasteiger charge is 2.24. The number of fused-ring (bicyclic) bond motifs is 1. The third-order valence-electron chi connectivity index (χ3n) is 3.45. The van der Waals surface area contributed by atoms with Gasteiger partial charge in [0.25, 0.3) is 5.91 Å². The number of nitrogens with one attached hydrogen (secondary N) is 2. The van der Waals surface area contributed by atoms with Crippen LogP contribution in [0.2, 0.25) is 0 Å². The summed E-state index contributed by atoms with van der Waals surface area (Å²) in [7, 11) is 0. The molecule has 0 spiro atoms. The molecular formula is C13H16N4O. The van der Waals surface area contributed by atoms with Crippen LogP contribution in [0.4, 0.5) is 0 Å². The van der Waals surface area contributed by atoms with E-state index in [1.165, 1.54) is 0 Å². The van der Waals surface area contributed by atoms with Gasteiger partial charge in [-0.05, 0) is 25.1 Å². The van der Waals surface area contributed by atoms with Gasteiger partial charge in [-0.25, -0.2) is 0 Å². The fourth-order valence-corrected chi connectivity index (χ4v) is 2.38. The summed E-state index contributed by atoms with van der Waals surface area (Å²) in [6.45, 7) is 4.56. The molecule has 0 aliphatic carbocycles. The number of aromatic amines is 1. The van der Waals surface area contributed by atoms with Gasteiger partial charge in [0.2, 0.25) is 0 Å². The first-order valence-electron chi connectivity index (χ1n) is 6.20. The largest absolute Gasteiger partial charge is 0.333 e. The third-order valence-corrected chi connectivity index (χ3v) is 3.45. The Labute approximate surface area is 105 Å². The zero-order chi connectivity index (χ0) is 12.5. The van der Waals surface area contributed by atoms with Crippen molar-refractivity contribution in [2.75, 3.05) is 19.6 Å². The lowest BCUT2D eigenvalue weighted by molar-refractivity contribution is 0.0656. The van der Waals surface area contributed by atoms with Gasteiger partial charge in [0, 0.05) is 36.6 Å². The summed E-state index contributed by atoms with van der Waals surface area (Å²) < 4.78 is 0. The molecule has 18 heavy (non-hydrogen) atoms. The van der Waals surface area contributed by atoms with Gasteiger partial charge in [-0.3, -0.25) is 9.89 Å². The van der Waals surface area contributed by atoms with E-state index >= 15 is 0 Å². The van der Waals surface area contributed by atoms with Gasteiger partial charge in [-0.15, -0.1) is 0 Å². The predicted molar refractivity (Wildman–Crippen MR) is 69.5 cm³/mol. The van der Waals surface area contributed by atoms with E-state index in [4.69, 9.17) is 0 Å². The number of H-pyrrole nitrogens is 1. The first kappa shape index (κ1) is 11.2.